The SMILES string of the molecule is CCC(CN)C1(O)CCCN(Cc2ccccc2)C1. The zero-order valence-electron chi connectivity index (χ0n) is 11.9. The third-order valence-electron chi connectivity index (χ3n) is 4.37. The van der Waals surface area contributed by atoms with E-state index in [2.05, 4.69) is 36.1 Å². The Bertz CT molecular complexity index is 378. The summed E-state index contributed by atoms with van der Waals surface area (Å²) in [6, 6.07) is 10.5. The van der Waals surface area contributed by atoms with E-state index in [1.54, 1.807) is 0 Å². The summed E-state index contributed by atoms with van der Waals surface area (Å²) in [5.41, 5.74) is 6.53. The van der Waals surface area contributed by atoms with E-state index in [-0.39, 0.29) is 5.92 Å². The normalized spacial score (nSPS) is 26.3. The molecule has 3 heteroatoms. The van der Waals surface area contributed by atoms with Gasteiger partial charge in [-0.05, 0) is 37.9 Å². The van der Waals surface area contributed by atoms with Crippen LogP contribution in [0.3, 0.4) is 0 Å². The fraction of sp³-hybridized carbons (Fsp3) is 0.625. The summed E-state index contributed by atoms with van der Waals surface area (Å²) in [6.45, 7) is 5.43. The highest BCUT2D eigenvalue weighted by molar-refractivity contribution is 5.14. The molecule has 1 aromatic rings. The van der Waals surface area contributed by atoms with E-state index in [1.165, 1.54) is 5.56 Å². The third kappa shape index (κ3) is 3.56. The molecule has 106 valence electrons. The van der Waals surface area contributed by atoms with Gasteiger partial charge in [-0.2, -0.15) is 0 Å². The second kappa shape index (κ2) is 6.51. The van der Waals surface area contributed by atoms with Crippen molar-refractivity contribution in [3.05, 3.63) is 35.9 Å². The highest BCUT2D eigenvalue weighted by atomic mass is 16.3. The molecule has 2 atom stereocenters. The molecule has 0 spiro atoms. The molecule has 0 radical (unpaired) electrons. The van der Waals surface area contributed by atoms with Crippen molar-refractivity contribution in [2.45, 2.75) is 38.3 Å². The Morgan fingerprint density at radius 2 is 2.11 bits per heavy atom. The summed E-state index contributed by atoms with van der Waals surface area (Å²) < 4.78 is 0. The van der Waals surface area contributed by atoms with Gasteiger partial charge in [-0.1, -0.05) is 37.3 Å². The Balaban J connectivity index is 2.00. The lowest BCUT2D eigenvalue weighted by atomic mass is 9.79. The molecule has 1 aliphatic heterocycles. The van der Waals surface area contributed by atoms with Crippen molar-refractivity contribution in [3.63, 3.8) is 0 Å². The monoisotopic (exact) mass is 262 g/mol. The van der Waals surface area contributed by atoms with Gasteiger partial charge in [-0.15, -0.1) is 0 Å². The molecule has 1 aromatic carbocycles. The topological polar surface area (TPSA) is 49.5 Å². The number of rotatable bonds is 5. The summed E-state index contributed by atoms with van der Waals surface area (Å²) in [5.74, 6) is 0.214. The van der Waals surface area contributed by atoms with Gasteiger partial charge < -0.3 is 10.8 Å². The molecule has 2 rings (SSSR count). The molecule has 3 N–H and O–H groups in total. The summed E-state index contributed by atoms with van der Waals surface area (Å²) in [4.78, 5) is 2.36. The van der Waals surface area contributed by atoms with Gasteiger partial charge in [0.05, 0.1) is 5.60 Å². The molecule has 0 bridgehead atoms. The summed E-state index contributed by atoms with van der Waals surface area (Å²) in [5, 5.41) is 10.9. The van der Waals surface area contributed by atoms with Gasteiger partial charge in [0.2, 0.25) is 0 Å². The number of hydrogen-bond acceptors (Lipinski definition) is 3. The van der Waals surface area contributed by atoms with Crippen LogP contribution in [0.1, 0.15) is 31.7 Å². The first-order valence-electron chi connectivity index (χ1n) is 7.36. The third-order valence-corrected chi connectivity index (χ3v) is 4.37. The minimum absolute atomic E-state index is 0.214. The molecular formula is C16H26N2O. The van der Waals surface area contributed by atoms with Crippen molar-refractivity contribution in [1.82, 2.24) is 4.90 Å². The molecule has 1 fully saturated rings. The molecular weight excluding hydrogens is 236 g/mol. The average Bonchev–Trinajstić information content (AvgIpc) is 2.41. The lowest BCUT2D eigenvalue weighted by Gasteiger charge is -2.43. The van der Waals surface area contributed by atoms with Gasteiger partial charge in [0.15, 0.2) is 0 Å². The van der Waals surface area contributed by atoms with Crippen LogP contribution in [-0.2, 0) is 6.54 Å². The molecule has 1 heterocycles. The maximum Gasteiger partial charge on any atom is 0.0814 e. The standard InChI is InChI=1S/C16H26N2O/c1-2-15(11-17)16(19)9-6-10-18(13-16)12-14-7-4-3-5-8-14/h3-5,7-8,15,19H,2,6,9-13,17H2,1H3. The fourth-order valence-electron chi connectivity index (χ4n) is 3.23. The minimum atomic E-state index is -0.601. The second-order valence-electron chi connectivity index (χ2n) is 5.74. The molecule has 1 aliphatic rings. The smallest absolute Gasteiger partial charge is 0.0814 e. The van der Waals surface area contributed by atoms with Crippen LogP contribution in [0, 0.1) is 5.92 Å². The highest BCUT2D eigenvalue weighted by Crippen LogP contribution is 2.30. The fourth-order valence-corrected chi connectivity index (χ4v) is 3.23. The minimum Gasteiger partial charge on any atom is -0.388 e. The number of aliphatic hydroxyl groups is 1. The van der Waals surface area contributed by atoms with Gasteiger partial charge in [-0.3, -0.25) is 4.90 Å². The first kappa shape index (κ1) is 14.5. The van der Waals surface area contributed by atoms with Crippen molar-refractivity contribution in [2.24, 2.45) is 11.7 Å². The zero-order valence-corrected chi connectivity index (χ0v) is 11.9. The van der Waals surface area contributed by atoms with Crippen LogP contribution in [0.5, 0.6) is 0 Å². The van der Waals surface area contributed by atoms with Crippen LogP contribution < -0.4 is 5.73 Å². The number of nitrogens with two attached hydrogens (primary N) is 1. The highest BCUT2D eigenvalue weighted by Gasteiger charge is 2.38. The Labute approximate surface area is 116 Å². The van der Waals surface area contributed by atoms with E-state index in [1.807, 2.05) is 6.07 Å². The predicted octanol–water partition coefficient (Wildman–Crippen LogP) is 2.00. The number of nitrogens with zero attached hydrogens (tertiary/aromatic N) is 1. The second-order valence-corrected chi connectivity index (χ2v) is 5.74. The molecule has 1 saturated heterocycles. The van der Waals surface area contributed by atoms with Crippen molar-refractivity contribution in [1.29, 1.82) is 0 Å². The predicted molar refractivity (Wildman–Crippen MR) is 78.7 cm³/mol. The van der Waals surface area contributed by atoms with Crippen LogP contribution in [0.4, 0.5) is 0 Å². The first-order valence-corrected chi connectivity index (χ1v) is 7.36. The molecule has 3 nitrogen and oxygen atoms in total. The van der Waals surface area contributed by atoms with Crippen molar-refractivity contribution in [2.75, 3.05) is 19.6 Å². The maximum absolute atomic E-state index is 10.9. The number of β-amino-alcohol motifs (C(OH)–C–C–N with tert-alkyl or cyclic N) is 1. The Morgan fingerprint density at radius 3 is 2.74 bits per heavy atom. The summed E-state index contributed by atoms with van der Waals surface area (Å²) in [6.07, 6.45) is 2.89. The van der Waals surface area contributed by atoms with E-state index in [0.29, 0.717) is 6.54 Å². The Kier molecular flexibility index (Phi) is 4.97. The summed E-state index contributed by atoms with van der Waals surface area (Å²) in [7, 11) is 0. The molecule has 19 heavy (non-hydrogen) atoms. The van der Waals surface area contributed by atoms with Gasteiger partial charge in [-0.25, -0.2) is 0 Å². The number of benzene rings is 1. The van der Waals surface area contributed by atoms with E-state index in [9.17, 15) is 5.11 Å². The maximum atomic E-state index is 10.9. The molecule has 0 aromatic heterocycles. The lowest BCUT2D eigenvalue weighted by molar-refractivity contribution is -0.0751. The van der Waals surface area contributed by atoms with Gasteiger partial charge in [0.1, 0.15) is 0 Å². The summed E-state index contributed by atoms with van der Waals surface area (Å²) >= 11 is 0. The molecule has 0 saturated carbocycles. The number of hydrogen-bond donors (Lipinski definition) is 2. The van der Waals surface area contributed by atoms with Crippen molar-refractivity contribution < 1.29 is 5.11 Å². The lowest BCUT2D eigenvalue weighted by Crippen LogP contribution is -2.53. The Morgan fingerprint density at radius 1 is 1.37 bits per heavy atom. The largest absolute Gasteiger partial charge is 0.388 e. The molecule has 0 aliphatic carbocycles. The molecule has 2 unspecified atom stereocenters. The van der Waals surface area contributed by atoms with Crippen molar-refractivity contribution >= 4 is 0 Å². The zero-order chi connectivity index (χ0) is 13.7. The van der Waals surface area contributed by atoms with Crippen LogP contribution in [0.25, 0.3) is 0 Å². The van der Waals surface area contributed by atoms with Gasteiger partial charge >= 0.3 is 0 Å². The van der Waals surface area contributed by atoms with E-state index < -0.39 is 5.60 Å². The van der Waals surface area contributed by atoms with Crippen LogP contribution in [0.15, 0.2) is 30.3 Å². The quantitative estimate of drug-likeness (QED) is 0.853. The van der Waals surface area contributed by atoms with E-state index in [4.69, 9.17) is 5.73 Å². The van der Waals surface area contributed by atoms with E-state index >= 15 is 0 Å². The number of likely N-dealkylation sites (tertiary alicyclic amines) is 1. The Hall–Kier alpha value is -0.900. The number of piperidine rings is 1. The van der Waals surface area contributed by atoms with Crippen LogP contribution >= 0.6 is 0 Å². The van der Waals surface area contributed by atoms with Gasteiger partial charge in [0.25, 0.3) is 0 Å². The van der Waals surface area contributed by atoms with Gasteiger partial charge in [0, 0.05) is 19.0 Å². The first-order chi connectivity index (χ1) is 9.18. The van der Waals surface area contributed by atoms with Crippen LogP contribution in [-0.4, -0.2) is 35.2 Å². The van der Waals surface area contributed by atoms with Crippen molar-refractivity contribution in [3.8, 4) is 0 Å². The molecule has 0 amide bonds. The van der Waals surface area contributed by atoms with Crippen LogP contribution in [0.2, 0.25) is 0 Å². The average molecular weight is 262 g/mol. The van der Waals surface area contributed by atoms with E-state index in [0.717, 1.165) is 38.9 Å².